The molecule has 0 nitrogen and oxygen atoms in total. The van der Waals surface area contributed by atoms with E-state index in [2.05, 4.69) is 36.8 Å². The average Bonchev–Trinajstić information content (AvgIpc) is 1.97. The van der Waals surface area contributed by atoms with Crippen LogP contribution in [0.4, 0.5) is 0 Å². The summed E-state index contributed by atoms with van der Waals surface area (Å²) in [7, 11) is 3.53. The lowest BCUT2D eigenvalue weighted by atomic mass is 10.5. The van der Waals surface area contributed by atoms with Gasteiger partial charge in [0, 0.05) is 0 Å². The van der Waals surface area contributed by atoms with Gasteiger partial charge in [-0.1, -0.05) is 47.6 Å². The molecule has 0 aliphatic heterocycles. The number of allylic oxidation sites excluding steroid dienone is 2. The fourth-order valence-electron chi connectivity index (χ4n) is 0.335. The highest BCUT2D eigenvalue weighted by Crippen LogP contribution is 2.23. The summed E-state index contributed by atoms with van der Waals surface area (Å²) < 4.78 is 0. The topological polar surface area (TPSA) is 0 Å². The van der Waals surface area contributed by atoms with Crippen molar-refractivity contribution in [3.63, 3.8) is 0 Å². The van der Waals surface area contributed by atoms with Gasteiger partial charge in [-0.05, 0) is 23.7 Å². The van der Waals surface area contributed by atoms with Crippen molar-refractivity contribution in [3.05, 3.63) is 23.0 Å². The Bertz CT molecular complexity index is 91.8. The molecule has 0 unspecified atom stereocenters. The lowest BCUT2D eigenvalue weighted by molar-refractivity contribution is 1.23. The summed E-state index contributed by atoms with van der Waals surface area (Å²) in [5.74, 6) is 0. The summed E-state index contributed by atoms with van der Waals surface area (Å²) in [6.45, 7) is 4.28. The minimum absolute atomic E-state index is 1.13. The van der Waals surface area contributed by atoms with Crippen LogP contribution in [0.3, 0.4) is 0 Å². The van der Waals surface area contributed by atoms with Crippen LogP contribution in [0.5, 0.6) is 0 Å². The van der Waals surface area contributed by atoms with E-state index in [-0.39, 0.29) is 0 Å². The normalized spacial score (nSPS) is 11.8. The molecule has 2 heteroatoms. The van der Waals surface area contributed by atoms with Crippen LogP contribution in [0.2, 0.25) is 0 Å². The van der Waals surface area contributed by atoms with Crippen molar-refractivity contribution < 1.29 is 0 Å². The zero-order chi connectivity index (χ0) is 7.66. The number of hydrogen-bond donors (Lipinski definition) is 0. The molecule has 0 aliphatic rings. The maximum atomic E-state index is 2.16. The van der Waals surface area contributed by atoms with E-state index in [0.29, 0.717) is 0 Å². The van der Waals surface area contributed by atoms with E-state index in [9.17, 15) is 0 Å². The van der Waals surface area contributed by atoms with Crippen LogP contribution in [0.25, 0.3) is 0 Å². The van der Waals surface area contributed by atoms with E-state index in [1.807, 2.05) is 0 Å². The van der Waals surface area contributed by atoms with Gasteiger partial charge in [-0.15, -0.1) is 0 Å². The van der Waals surface area contributed by atoms with Gasteiger partial charge in [0.15, 0.2) is 0 Å². The second-order valence-electron chi connectivity index (χ2n) is 1.75. The predicted molar refractivity (Wildman–Crippen MR) is 54.0 cm³/mol. The summed E-state index contributed by atoms with van der Waals surface area (Å²) in [6.07, 6.45) is 6.59. The Kier molecular flexibility index (Phi) is 9.35. The first-order valence-corrected chi connectivity index (χ1v) is 5.81. The van der Waals surface area contributed by atoms with E-state index in [4.69, 9.17) is 0 Å². The first-order valence-electron chi connectivity index (χ1n) is 3.54. The Morgan fingerprint density at radius 3 is 1.60 bits per heavy atom. The van der Waals surface area contributed by atoms with Gasteiger partial charge in [0.2, 0.25) is 0 Å². The van der Waals surface area contributed by atoms with E-state index in [0.717, 1.165) is 12.8 Å². The van der Waals surface area contributed by atoms with Crippen molar-refractivity contribution in [1.82, 2.24) is 0 Å². The van der Waals surface area contributed by atoms with Crippen LogP contribution in [-0.4, -0.2) is 0 Å². The molecule has 0 saturated carbocycles. The molecule has 0 heterocycles. The van der Waals surface area contributed by atoms with Crippen LogP contribution in [0.1, 0.15) is 26.7 Å². The maximum absolute atomic E-state index is 2.16. The minimum Gasteiger partial charge on any atom is -0.0776 e. The summed E-state index contributed by atoms with van der Waals surface area (Å²) in [5.41, 5.74) is 0. The first kappa shape index (κ1) is 10.2. The monoisotopic (exact) mass is 174 g/mol. The summed E-state index contributed by atoms with van der Waals surface area (Å²) in [4.78, 5) is 0. The van der Waals surface area contributed by atoms with Crippen LogP contribution in [0.15, 0.2) is 23.0 Å². The van der Waals surface area contributed by atoms with Gasteiger partial charge < -0.3 is 0 Å². The number of rotatable bonds is 5. The summed E-state index contributed by atoms with van der Waals surface area (Å²) in [6, 6.07) is 0. The van der Waals surface area contributed by atoms with E-state index >= 15 is 0 Å². The molecule has 10 heavy (non-hydrogen) atoms. The molecule has 0 aromatic heterocycles. The molecule has 0 spiro atoms. The van der Waals surface area contributed by atoms with Crippen LogP contribution in [0, 0.1) is 0 Å². The van der Waals surface area contributed by atoms with Crippen molar-refractivity contribution in [2.45, 2.75) is 26.7 Å². The van der Waals surface area contributed by atoms with Gasteiger partial charge in [-0.25, -0.2) is 0 Å². The molecule has 0 fully saturated rings. The fourth-order valence-corrected chi connectivity index (χ4v) is 1.86. The quantitative estimate of drug-likeness (QED) is 0.452. The Morgan fingerprint density at radius 2 is 1.30 bits per heavy atom. The highest BCUT2D eigenvalue weighted by molar-refractivity contribution is 8.78. The van der Waals surface area contributed by atoms with Crippen molar-refractivity contribution in [2.75, 3.05) is 0 Å². The van der Waals surface area contributed by atoms with Gasteiger partial charge >= 0.3 is 0 Å². The Labute approximate surface area is 71.6 Å². The third kappa shape index (κ3) is 8.18. The zero-order valence-electron chi connectivity index (χ0n) is 6.54. The minimum atomic E-state index is 1.13. The second-order valence-corrected chi connectivity index (χ2v) is 3.84. The van der Waals surface area contributed by atoms with Gasteiger partial charge in [0.1, 0.15) is 0 Å². The van der Waals surface area contributed by atoms with Gasteiger partial charge in [0.05, 0.1) is 0 Å². The predicted octanol–water partition coefficient (Wildman–Crippen LogP) is 4.22. The molecule has 58 valence electrons. The molecule has 0 amide bonds. The summed E-state index contributed by atoms with van der Waals surface area (Å²) in [5, 5.41) is 4.26. The molecule has 0 N–H and O–H groups in total. The van der Waals surface area contributed by atoms with E-state index in [1.165, 1.54) is 0 Å². The SMILES string of the molecule is CC/C=C/SS/C=C/CC. The second kappa shape index (κ2) is 9.18. The average molecular weight is 174 g/mol. The Morgan fingerprint density at radius 1 is 0.900 bits per heavy atom. The van der Waals surface area contributed by atoms with Crippen molar-refractivity contribution in [1.29, 1.82) is 0 Å². The highest BCUT2D eigenvalue weighted by atomic mass is 33.1. The molecule has 0 aliphatic carbocycles. The third-order valence-corrected chi connectivity index (χ3v) is 2.55. The molecule has 0 saturated heterocycles. The molecule has 0 atom stereocenters. The zero-order valence-corrected chi connectivity index (χ0v) is 8.17. The van der Waals surface area contributed by atoms with Gasteiger partial charge in [0.25, 0.3) is 0 Å². The highest BCUT2D eigenvalue weighted by Gasteiger charge is 1.74. The lowest BCUT2D eigenvalue weighted by Gasteiger charge is -1.84. The Hall–Kier alpha value is 0.180. The Balaban J connectivity index is 3.04. The lowest BCUT2D eigenvalue weighted by Crippen LogP contribution is -1.49. The largest absolute Gasteiger partial charge is 0.0776 e. The summed E-state index contributed by atoms with van der Waals surface area (Å²) >= 11 is 0. The van der Waals surface area contributed by atoms with Gasteiger partial charge in [-0.3, -0.25) is 0 Å². The maximum Gasteiger partial charge on any atom is -0.0218 e. The van der Waals surface area contributed by atoms with Crippen molar-refractivity contribution in [3.8, 4) is 0 Å². The smallest absolute Gasteiger partial charge is 0.0218 e. The molecular weight excluding hydrogens is 160 g/mol. The fraction of sp³-hybridized carbons (Fsp3) is 0.500. The van der Waals surface area contributed by atoms with Gasteiger partial charge in [-0.2, -0.15) is 0 Å². The van der Waals surface area contributed by atoms with Crippen LogP contribution < -0.4 is 0 Å². The molecule has 0 bridgehead atoms. The molecule has 0 radical (unpaired) electrons. The molecule has 0 aromatic carbocycles. The van der Waals surface area contributed by atoms with Crippen LogP contribution >= 0.6 is 21.6 Å². The molecular formula is C8H14S2. The van der Waals surface area contributed by atoms with Crippen LogP contribution in [-0.2, 0) is 0 Å². The van der Waals surface area contributed by atoms with Crippen molar-refractivity contribution in [2.24, 2.45) is 0 Å². The van der Waals surface area contributed by atoms with Crippen molar-refractivity contribution >= 4 is 21.6 Å². The molecule has 0 rings (SSSR count). The number of hydrogen-bond acceptors (Lipinski definition) is 2. The standard InChI is InChI=1S/C8H14S2/c1-3-5-7-9-10-8-6-4-2/h5-8H,3-4H2,1-2H3/b7-5+,8-6+. The van der Waals surface area contributed by atoms with E-state index in [1.54, 1.807) is 21.6 Å². The third-order valence-electron chi connectivity index (χ3n) is 0.831. The molecule has 0 aromatic rings. The van der Waals surface area contributed by atoms with E-state index < -0.39 is 0 Å². The first-order chi connectivity index (χ1) is 4.91.